The fourth-order valence-electron chi connectivity index (χ4n) is 3.79. The van der Waals surface area contributed by atoms with E-state index in [1.165, 1.54) is 6.07 Å². The number of ether oxygens (including phenoxy) is 1. The number of ketones is 1. The Morgan fingerprint density at radius 3 is 2.86 bits per heavy atom. The van der Waals surface area contributed by atoms with Crippen LogP contribution in [0.1, 0.15) is 59.7 Å². The standard InChI is InChI=1S/C22H26O6/c1-14(23)16-4-2-3-15(11-16)5-8-19-17(6-9-20(19)24)12-27-13-18-7-10-21(28-18)22(25)26/h2-4,7,10-11,14,17,19,23H,5-6,8-9,12-13H2,1H3,(H,25,26)/t14?,17-,19-/m1/s1. The SMILES string of the molecule is CC(O)c1cccc(CC[C@H]2C(=O)CC[C@@H]2COCc2ccc(C(=O)O)o2)c1. The summed E-state index contributed by atoms with van der Waals surface area (Å²) in [6.07, 6.45) is 2.44. The summed E-state index contributed by atoms with van der Waals surface area (Å²) in [5.41, 5.74) is 2.00. The van der Waals surface area contributed by atoms with Crippen molar-refractivity contribution >= 4 is 11.8 Å². The average molecular weight is 386 g/mol. The van der Waals surface area contributed by atoms with Gasteiger partial charge in [0.1, 0.15) is 18.2 Å². The average Bonchev–Trinajstić information content (AvgIpc) is 3.28. The fraction of sp³-hybridized carbons (Fsp3) is 0.455. The van der Waals surface area contributed by atoms with Crippen molar-refractivity contribution in [3.05, 3.63) is 59.0 Å². The summed E-state index contributed by atoms with van der Waals surface area (Å²) < 4.78 is 10.9. The highest BCUT2D eigenvalue weighted by atomic mass is 16.5. The Morgan fingerprint density at radius 1 is 1.32 bits per heavy atom. The van der Waals surface area contributed by atoms with E-state index in [4.69, 9.17) is 14.3 Å². The molecule has 1 aliphatic carbocycles. The summed E-state index contributed by atoms with van der Waals surface area (Å²) in [6, 6.07) is 10.8. The summed E-state index contributed by atoms with van der Waals surface area (Å²) >= 11 is 0. The number of aliphatic hydroxyl groups is 1. The molecule has 1 unspecified atom stereocenters. The lowest BCUT2D eigenvalue weighted by molar-refractivity contribution is -0.121. The van der Waals surface area contributed by atoms with Crippen LogP contribution in [-0.2, 0) is 22.6 Å². The number of Topliss-reactive ketones (excluding diaryl/α,β-unsaturated/α-hetero) is 1. The molecule has 0 bridgehead atoms. The number of carbonyl (C=O) groups excluding carboxylic acids is 1. The highest BCUT2D eigenvalue weighted by molar-refractivity contribution is 5.84. The zero-order valence-electron chi connectivity index (χ0n) is 16.0. The number of carbonyl (C=O) groups is 2. The smallest absolute Gasteiger partial charge is 0.371 e. The molecule has 1 aromatic carbocycles. The number of furan rings is 1. The molecule has 0 spiro atoms. The first-order chi connectivity index (χ1) is 13.4. The van der Waals surface area contributed by atoms with Crippen LogP contribution < -0.4 is 0 Å². The molecule has 0 radical (unpaired) electrons. The largest absolute Gasteiger partial charge is 0.475 e. The summed E-state index contributed by atoms with van der Waals surface area (Å²) in [6.45, 7) is 2.39. The zero-order valence-corrected chi connectivity index (χ0v) is 16.0. The van der Waals surface area contributed by atoms with Crippen LogP contribution >= 0.6 is 0 Å². The van der Waals surface area contributed by atoms with Gasteiger partial charge < -0.3 is 19.4 Å². The quantitative estimate of drug-likeness (QED) is 0.681. The highest BCUT2D eigenvalue weighted by Crippen LogP contribution is 2.33. The number of carboxylic acid groups (broad SMARTS) is 1. The van der Waals surface area contributed by atoms with Gasteiger partial charge in [0.05, 0.1) is 12.7 Å². The normalized spacial score (nSPS) is 20.4. The summed E-state index contributed by atoms with van der Waals surface area (Å²) in [7, 11) is 0. The van der Waals surface area contributed by atoms with Crippen molar-refractivity contribution in [3.63, 3.8) is 0 Å². The molecule has 2 N–H and O–H groups in total. The summed E-state index contributed by atoms with van der Waals surface area (Å²) in [5.74, 6) is -0.318. The van der Waals surface area contributed by atoms with E-state index < -0.39 is 12.1 Å². The highest BCUT2D eigenvalue weighted by Gasteiger charge is 2.34. The zero-order chi connectivity index (χ0) is 20.1. The van der Waals surface area contributed by atoms with Gasteiger partial charge in [0.2, 0.25) is 5.76 Å². The number of rotatable bonds is 9. The molecule has 1 aliphatic rings. The predicted molar refractivity (Wildman–Crippen MR) is 102 cm³/mol. The molecule has 1 fully saturated rings. The third kappa shape index (κ3) is 5.09. The molecule has 0 amide bonds. The van der Waals surface area contributed by atoms with Gasteiger partial charge in [-0.1, -0.05) is 24.3 Å². The summed E-state index contributed by atoms with van der Waals surface area (Å²) in [4.78, 5) is 23.2. The van der Waals surface area contributed by atoms with Gasteiger partial charge in [-0.2, -0.15) is 0 Å². The molecule has 3 rings (SSSR count). The van der Waals surface area contributed by atoms with Gasteiger partial charge in [-0.25, -0.2) is 4.79 Å². The minimum atomic E-state index is -1.10. The van der Waals surface area contributed by atoms with Crippen molar-refractivity contribution in [2.24, 2.45) is 11.8 Å². The maximum atomic E-state index is 12.3. The number of hydrogen-bond donors (Lipinski definition) is 2. The van der Waals surface area contributed by atoms with Gasteiger partial charge in [0, 0.05) is 12.3 Å². The molecule has 6 nitrogen and oxygen atoms in total. The Hall–Kier alpha value is -2.44. The third-order valence-electron chi connectivity index (χ3n) is 5.37. The number of benzene rings is 1. The van der Waals surface area contributed by atoms with E-state index >= 15 is 0 Å². The van der Waals surface area contributed by atoms with Gasteiger partial charge in [0.25, 0.3) is 0 Å². The fourth-order valence-corrected chi connectivity index (χ4v) is 3.79. The molecule has 6 heteroatoms. The van der Waals surface area contributed by atoms with Gasteiger partial charge in [-0.3, -0.25) is 4.79 Å². The third-order valence-corrected chi connectivity index (χ3v) is 5.37. The van der Waals surface area contributed by atoms with Crippen molar-refractivity contribution in [3.8, 4) is 0 Å². The van der Waals surface area contributed by atoms with Crippen LogP contribution in [0, 0.1) is 11.8 Å². The van der Waals surface area contributed by atoms with E-state index in [1.807, 2.05) is 24.3 Å². The topological polar surface area (TPSA) is 97.0 Å². The Bertz CT molecular complexity index is 822. The van der Waals surface area contributed by atoms with E-state index in [2.05, 4.69) is 0 Å². The van der Waals surface area contributed by atoms with Crippen LogP contribution in [0.25, 0.3) is 0 Å². The van der Waals surface area contributed by atoms with E-state index in [-0.39, 0.29) is 30.0 Å². The lowest BCUT2D eigenvalue weighted by atomic mass is 9.89. The second-order valence-electron chi connectivity index (χ2n) is 7.42. The number of aromatic carboxylic acids is 1. The second kappa shape index (κ2) is 9.17. The lowest BCUT2D eigenvalue weighted by Crippen LogP contribution is -2.20. The maximum absolute atomic E-state index is 12.3. The second-order valence-corrected chi connectivity index (χ2v) is 7.42. The van der Waals surface area contributed by atoms with Gasteiger partial charge in [-0.05, 0) is 55.4 Å². The van der Waals surface area contributed by atoms with E-state index in [0.29, 0.717) is 18.8 Å². The van der Waals surface area contributed by atoms with Crippen molar-refractivity contribution in [1.29, 1.82) is 0 Å². The molecular weight excluding hydrogens is 360 g/mol. The maximum Gasteiger partial charge on any atom is 0.371 e. The molecule has 0 aliphatic heterocycles. The van der Waals surface area contributed by atoms with Crippen LogP contribution in [0.2, 0.25) is 0 Å². The monoisotopic (exact) mass is 386 g/mol. The molecule has 0 saturated heterocycles. The molecular formula is C22H26O6. The van der Waals surface area contributed by atoms with Crippen molar-refractivity contribution in [2.45, 2.75) is 45.3 Å². The van der Waals surface area contributed by atoms with Gasteiger partial charge >= 0.3 is 5.97 Å². The molecule has 150 valence electrons. The number of carboxylic acids is 1. The molecule has 1 heterocycles. The van der Waals surface area contributed by atoms with E-state index in [9.17, 15) is 14.7 Å². The minimum absolute atomic E-state index is 0.0265. The van der Waals surface area contributed by atoms with E-state index in [1.54, 1.807) is 13.0 Å². The van der Waals surface area contributed by atoms with Gasteiger partial charge in [-0.15, -0.1) is 0 Å². The Balaban J connectivity index is 1.51. The number of aliphatic hydroxyl groups excluding tert-OH is 1. The predicted octanol–water partition coefficient (Wildman–Crippen LogP) is 3.78. The lowest BCUT2D eigenvalue weighted by Gasteiger charge is -2.18. The molecule has 2 aromatic rings. The van der Waals surface area contributed by atoms with Crippen molar-refractivity contribution in [2.75, 3.05) is 6.61 Å². The van der Waals surface area contributed by atoms with Crippen molar-refractivity contribution in [1.82, 2.24) is 0 Å². The summed E-state index contributed by atoms with van der Waals surface area (Å²) in [5, 5.41) is 18.6. The Kier molecular flexibility index (Phi) is 6.65. The van der Waals surface area contributed by atoms with Crippen molar-refractivity contribution < 1.29 is 29.0 Å². The minimum Gasteiger partial charge on any atom is -0.475 e. The van der Waals surface area contributed by atoms with E-state index in [0.717, 1.165) is 30.4 Å². The Morgan fingerprint density at radius 2 is 2.14 bits per heavy atom. The number of hydrogen-bond acceptors (Lipinski definition) is 5. The van der Waals surface area contributed by atoms with Crippen LogP contribution in [-0.4, -0.2) is 28.6 Å². The first-order valence-electron chi connectivity index (χ1n) is 9.63. The molecule has 28 heavy (non-hydrogen) atoms. The molecule has 3 atom stereocenters. The number of aryl methyl sites for hydroxylation is 1. The first kappa shape index (κ1) is 20.3. The van der Waals surface area contributed by atoms with Crippen LogP contribution in [0.5, 0.6) is 0 Å². The van der Waals surface area contributed by atoms with Crippen LogP contribution in [0.4, 0.5) is 0 Å². The van der Waals surface area contributed by atoms with Gasteiger partial charge in [0.15, 0.2) is 0 Å². The van der Waals surface area contributed by atoms with Crippen LogP contribution in [0.3, 0.4) is 0 Å². The molecule has 1 aromatic heterocycles. The first-order valence-corrected chi connectivity index (χ1v) is 9.63. The molecule has 1 saturated carbocycles. The Labute approximate surface area is 164 Å². The van der Waals surface area contributed by atoms with Crippen LogP contribution in [0.15, 0.2) is 40.8 Å².